The molecule has 0 bridgehead atoms. The predicted molar refractivity (Wildman–Crippen MR) is 198 cm³/mol. The van der Waals surface area contributed by atoms with Gasteiger partial charge in [0.2, 0.25) is 5.91 Å². The summed E-state index contributed by atoms with van der Waals surface area (Å²) in [7, 11) is 1.30. The summed E-state index contributed by atoms with van der Waals surface area (Å²) in [5.41, 5.74) is 6.05. The zero-order valence-electron chi connectivity index (χ0n) is 28.3. The summed E-state index contributed by atoms with van der Waals surface area (Å²) in [6.07, 6.45) is -0.722. The first kappa shape index (κ1) is 34.5. The zero-order valence-corrected chi connectivity index (χ0v) is 29.1. The van der Waals surface area contributed by atoms with Gasteiger partial charge in [-0.25, -0.2) is 9.59 Å². The van der Waals surface area contributed by atoms with E-state index in [0.717, 1.165) is 38.9 Å². The number of benzene rings is 5. The fraction of sp³-hybridized carbons (Fsp3) is 0.214. The second kappa shape index (κ2) is 15.0. The van der Waals surface area contributed by atoms with E-state index in [2.05, 4.69) is 59.2 Å². The largest absolute Gasteiger partial charge is 0.467 e. The van der Waals surface area contributed by atoms with E-state index < -0.39 is 34.3 Å². The average Bonchev–Trinajstić information content (AvgIpc) is 3.48. The van der Waals surface area contributed by atoms with Crippen molar-refractivity contribution in [3.05, 3.63) is 167 Å². The fourth-order valence-corrected chi connectivity index (χ4v) is 8.26. The van der Waals surface area contributed by atoms with Crippen molar-refractivity contribution < 1.29 is 23.9 Å². The molecule has 0 fully saturated rings. The molecule has 0 aromatic heterocycles. The third-order valence-electron chi connectivity index (χ3n) is 9.22. The Morgan fingerprint density at radius 1 is 0.700 bits per heavy atom. The average molecular weight is 685 g/mol. The standard InChI is InChI=1S/C42H40N2O5S/c1-29(43-40(47)49-27-37-35-25-15-13-23-33(35)34-24-14-16-26-36(34)37)38(45)44-41(2,39(46)48-3)28-50-42(30-17-7-4-8-18-30,31-19-9-5-10-20-31)32-21-11-6-12-22-32/h4-26,29,37H,27-28H2,1-3H3,(H,43,47)(H,44,45)/t29-,41-/m0/s1. The molecular weight excluding hydrogens is 645 g/mol. The van der Waals surface area contributed by atoms with Gasteiger partial charge >= 0.3 is 12.1 Å². The lowest BCUT2D eigenvalue weighted by Crippen LogP contribution is -2.59. The predicted octanol–water partition coefficient (Wildman–Crippen LogP) is 7.69. The highest BCUT2D eigenvalue weighted by molar-refractivity contribution is 8.00. The summed E-state index contributed by atoms with van der Waals surface area (Å²) < 4.78 is 10.2. The Labute approximate surface area is 297 Å². The topological polar surface area (TPSA) is 93.7 Å². The van der Waals surface area contributed by atoms with E-state index in [4.69, 9.17) is 9.47 Å². The number of esters is 1. The van der Waals surface area contributed by atoms with Crippen molar-refractivity contribution >= 4 is 29.7 Å². The van der Waals surface area contributed by atoms with Gasteiger partial charge in [0.05, 0.1) is 11.9 Å². The summed E-state index contributed by atoms with van der Waals surface area (Å²) >= 11 is 1.53. The smallest absolute Gasteiger partial charge is 0.407 e. The number of hydrogen-bond donors (Lipinski definition) is 2. The molecule has 2 amide bonds. The number of thioether (sulfide) groups is 1. The Hall–Kier alpha value is -5.34. The van der Waals surface area contributed by atoms with Gasteiger partial charge in [0.15, 0.2) is 0 Å². The van der Waals surface area contributed by atoms with Crippen LogP contribution in [0.3, 0.4) is 0 Å². The van der Waals surface area contributed by atoms with Crippen LogP contribution >= 0.6 is 11.8 Å². The molecule has 50 heavy (non-hydrogen) atoms. The van der Waals surface area contributed by atoms with E-state index in [1.807, 2.05) is 91.0 Å². The number of methoxy groups -OCH3 is 1. The van der Waals surface area contributed by atoms with Crippen molar-refractivity contribution in [2.24, 2.45) is 0 Å². The van der Waals surface area contributed by atoms with Crippen LogP contribution in [-0.2, 0) is 23.8 Å². The lowest BCUT2D eigenvalue weighted by atomic mass is 9.84. The Kier molecular flexibility index (Phi) is 10.4. The maximum absolute atomic E-state index is 13.6. The van der Waals surface area contributed by atoms with E-state index >= 15 is 0 Å². The highest BCUT2D eigenvalue weighted by atomic mass is 32.2. The van der Waals surface area contributed by atoms with Crippen molar-refractivity contribution in [3.63, 3.8) is 0 Å². The number of alkyl carbamates (subject to hydrolysis) is 1. The number of fused-ring (bicyclic) bond motifs is 3. The van der Waals surface area contributed by atoms with Crippen molar-refractivity contribution in [2.45, 2.75) is 36.1 Å². The van der Waals surface area contributed by atoms with Crippen LogP contribution < -0.4 is 10.6 Å². The van der Waals surface area contributed by atoms with E-state index in [1.165, 1.54) is 18.9 Å². The van der Waals surface area contributed by atoms with Crippen LogP contribution in [0.25, 0.3) is 11.1 Å². The molecule has 5 aromatic carbocycles. The van der Waals surface area contributed by atoms with Crippen molar-refractivity contribution in [3.8, 4) is 11.1 Å². The molecule has 0 unspecified atom stereocenters. The Morgan fingerprint density at radius 2 is 1.14 bits per heavy atom. The van der Waals surface area contributed by atoms with Gasteiger partial charge in [-0.05, 0) is 52.8 Å². The van der Waals surface area contributed by atoms with Gasteiger partial charge in [0.25, 0.3) is 0 Å². The highest BCUT2D eigenvalue weighted by Crippen LogP contribution is 2.49. The van der Waals surface area contributed by atoms with Crippen LogP contribution in [0.15, 0.2) is 140 Å². The highest BCUT2D eigenvalue weighted by Gasteiger charge is 2.44. The SMILES string of the molecule is COC(=O)[C@](C)(CSC(c1ccccc1)(c1ccccc1)c1ccccc1)NC(=O)[C@H](C)NC(=O)OCC1c2ccccc2-c2ccccc21. The molecule has 0 saturated heterocycles. The summed E-state index contributed by atoms with van der Waals surface area (Å²) in [6, 6.07) is 45.5. The first-order valence-electron chi connectivity index (χ1n) is 16.6. The summed E-state index contributed by atoms with van der Waals surface area (Å²) in [5.74, 6) is -1.11. The van der Waals surface area contributed by atoms with Crippen molar-refractivity contribution in [1.82, 2.24) is 10.6 Å². The minimum atomic E-state index is -1.45. The second-order valence-electron chi connectivity index (χ2n) is 12.6. The van der Waals surface area contributed by atoms with Crippen molar-refractivity contribution in [2.75, 3.05) is 19.5 Å². The third kappa shape index (κ3) is 6.89. The van der Waals surface area contributed by atoms with E-state index in [9.17, 15) is 14.4 Å². The lowest BCUT2D eigenvalue weighted by molar-refractivity contribution is -0.149. The van der Waals surface area contributed by atoms with Gasteiger partial charge in [-0.3, -0.25) is 4.79 Å². The van der Waals surface area contributed by atoms with Gasteiger partial charge in [-0.2, -0.15) is 0 Å². The molecule has 0 saturated carbocycles. The van der Waals surface area contributed by atoms with E-state index in [0.29, 0.717) is 0 Å². The molecule has 6 rings (SSSR count). The molecule has 1 aliphatic rings. The number of ether oxygens (including phenoxy) is 2. The molecule has 0 aliphatic heterocycles. The zero-order chi connectivity index (χ0) is 35.1. The van der Waals surface area contributed by atoms with Crippen LogP contribution in [0.4, 0.5) is 4.79 Å². The Balaban J connectivity index is 1.18. The summed E-state index contributed by atoms with van der Waals surface area (Å²) in [6.45, 7) is 3.32. The molecule has 254 valence electrons. The van der Waals surface area contributed by atoms with Gasteiger partial charge in [-0.1, -0.05) is 140 Å². The number of carbonyl (C=O) groups is 3. The molecule has 7 nitrogen and oxygen atoms in total. The van der Waals surface area contributed by atoms with Crippen LogP contribution in [-0.4, -0.2) is 49.0 Å². The van der Waals surface area contributed by atoms with Crippen LogP contribution in [0, 0.1) is 0 Å². The minimum Gasteiger partial charge on any atom is -0.467 e. The van der Waals surface area contributed by atoms with Gasteiger partial charge < -0.3 is 20.1 Å². The minimum absolute atomic E-state index is 0.115. The number of hydrogen-bond acceptors (Lipinski definition) is 6. The number of amides is 2. The van der Waals surface area contributed by atoms with Gasteiger partial charge in [0, 0.05) is 11.7 Å². The molecule has 2 atom stereocenters. The Bertz CT molecular complexity index is 1810. The van der Waals surface area contributed by atoms with Crippen LogP contribution in [0.2, 0.25) is 0 Å². The number of nitrogens with one attached hydrogen (secondary N) is 2. The molecule has 2 N–H and O–H groups in total. The molecule has 0 radical (unpaired) electrons. The van der Waals surface area contributed by atoms with Gasteiger partial charge in [0.1, 0.15) is 18.2 Å². The molecular formula is C42H40N2O5S. The summed E-state index contributed by atoms with van der Waals surface area (Å²) in [5, 5.41) is 5.54. The van der Waals surface area contributed by atoms with Crippen LogP contribution in [0.1, 0.15) is 47.6 Å². The second-order valence-corrected chi connectivity index (χ2v) is 13.8. The number of rotatable bonds is 12. The molecule has 5 aromatic rings. The molecule has 0 spiro atoms. The first-order valence-corrected chi connectivity index (χ1v) is 17.6. The molecule has 1 aliphatic carbocycles. The Morgan fingerprint density at radius 3 is 1.60 bits per heavy atom. The van der Waals surface area contributed by atoms with E-state index in [-0.39, 0.29) is 18.3 Å². The van der Waals surface area contributed by atoms with Crippen molar-refractivity contribution in [1.29, 1.82) is 0 Å². The maximum Gasteiger partial charge on any atom is 0.407 e. The van der Waals surface area contributed by atoms with Crippen LogP contribution in [0.5, 0.6) is 0 Å². The normalized spacial score (nSPS) is 14.0. The maximum atomic E-state index is 13.6. The van der Waals surface area contributed by atoms with Gasteiger partial charge in [-0.15, -0.1) is 11.8 Å². The molecule has 0 heterocycles. The fourth-order valence-electron chi connectivity index (χ4n) is 6.66. The third-order valence-corrected chi connectivity index (χ3v) is 11.1. The monoisotopic (exact) mass is 684 g/mol. The number of carbonyl (C=O) groups excluding carboxylic acids is 3. The first-order chi connectivity index (χ1) is 24.3. The molecule has 8 heteroatoms. The lowest BCUT2D eigenvalue weighted by Gasteiger charge is -2.38. The quantitative estimate of drug-likeness (QED) is 0.103. The van der Waals surface area contributed by atoms with E-state index in [1.54, 1.807) is 13.8 Å². The summed E-state index contributed by atoms with van der Waals surface area (Å²) in [4.78, 5) is 40.1.